The number of nitrogens with zero attached hydrogens (tertiary/aromatic N) is 3. The summed E-state index contributed by atoms with van der Waals surface area (Å²) < 4.78 is 1.95. The lowest BCUT2D eigenvalue weighted by atomic mass is 10.1. The zero-order valence-electron chi connectivity index (χ0n) is 17.5. The number of urea groups is 1. The molecule has 0 aliphatic carbocycles. The number of rotatable bonds is 4. The minimum atomic E-state index is -0.754. The predicted octanol–water partition coefficient (Wildman–Crippen LogP) is 3.72. The first-order chi connectivity index (χ1) is 14.9. The van der Waals surface area contributed by atoms with Crippen LogP contribution in [0.4, 0.5) is 10.5 Å². The van der Waals surface area contributed by atoms with Crippen molar-refractivity contribution in [3.05, 3.63) is 82.8 Å². The molecule has 0 bridgehead atoms. The zero-order valence-corrected chi connectivity index (χ0v) is 17.5. The van der Waals surface area contributed by atoms with E-state index in [2.05, 4.69) is 10.3 Å². The van der Waals surface area contributed by atoms with Crippen molar-refractivity contribution in [3.63, 3.8) is 0 Å². The molecule has 0 saturated carbocycles. The number of barbiturate groups is 1. The van der Waals surface area contributed by atoms with Gasteiger partial charge in [0.05, 0.1) is 5.69 Å². The van der Waals surface area contributed by atoms with Gasteiger partial charge in [-0.05, 0) is 67.8 Å². The second-order valence-electron chi connectivity index (χ2n) is 7.33. The van der Waals surface area contributed by atoms with Crippen LogP contribution in [0.25, 0.3) is 11.9 Å². The van der Waals surface area contributed by atoms with Gasteiger partial charge in [-0.15, -0.1) is 0 Å². The summed E-state index contributed by atoms with van der Waals surface area (Å²) in [6, 6.07) is 13.9. The van der Waals surface area contributed by atoms with Gasteiger partial charge in [-0.3, -0.25) is 14.9 Å². The fourth-order valence-corrected chi connectivity index (χ4v) is 3.70. The summed E-state index contributed by atoms with van der Waals surface area (Å²) in [4.78, 5) is 43.4. The monoisotopic (exact) mass is 414 g/mol. The largest absolute Gasteiger partial charge is 0.335 e. The molecule has 0 radical (unpaired) electrons. The molecule has 3 aromatic rings. The molecule has 156 valence electrons. The molecule has 2 aromatic heterocycles. The number of hydrogen-bond donors (Lipinski definition) is 1. The first-order valence-corrected chi connectivity index (χ1v) is 10.0. The Kier molecular flexibility index (Phi) is 5.25. The van der Waals surface area contributed by atoms with Gasteiger partial charge in [-0.25, -0.2) is 14.7 Å². The van der Waals surface area contributed by atoms with E-state index in [0.29, 0.717) is 11.3 Å². The zero-order chi connectivity index (χ0) is 22.1. The van der Waals surface area contributed by atoms with Gasteiger partial charge in [0.15, 0.2) is 0 Å². The van der Waals surface area contributed by atoms with E-state index in [1.807, 2.05) is 61.7 Å². The minimum absolute atomic E-state index is 0.0968. The molecule has 4 rings (SSSR count). The van der Waals surface area contributed by atoms with Gasteiger partial charge in [0, 0.05) is 17.6 Å². The van der Waals surface area contributed by atoms with Gasteiger partial charge < -0.3 is 4.57 Å². The summed E-state index contributed by atoms with van der Waals surface area (Å²) in [5.74, 6) is -0.617. The van der Waals surface area contributed by atoms with Crippen LogP contribution in [0, 0.1) is 13.8 Å². The van der Waals surface area contributed by atoms with E-state index in [1.165, 1.54) is 6.08 Å². The maximum atomic E-state index is 13.1. The number of hydrogen-bond acceptors (Lipinski definition) is 4. The number of pyridine rings is 1. The number of carbonyl (C=O) groups is 3. The van der Waals surface area contributed by atoms with Crippen molar-refractivity contribution >= 4 is 29.6 Å². The van der Waals surface area contributed by atoms with Crippen LogP contribution in [0.5, 0.6) is 0 Å². The van der Waals surface area contributed by atoms with Gasteiger partial charge in [-0.1, -0.05) is 25.1 Å². The number of amides is 4. The molecule has 4 amide bonds. The first kappa shape index (κ1) is 20.3. The van der Waals surface area contributed by atoms with Gasteiger partial charge in [0.2, 0.25) is 0 Å². The van der Waals surface area contributed by atoms with E-state index in [4.69, 9.17) is 0 Å². The highest BCUT2D eigenvalue weighted by atomic mass is 16.2. The lowest BCUT2D eigenvalue weighted by Gasteiger charge is -2.26. The number of anilines is 1. The fraction of sp³-hybridized carbons (Fsp3) is 0.167. The van der Waals surface area contributed by atoms with Gasteiger partial charge in [0.25, 0.3) is 11.8 Å². The Balaban J connectivity index is 1.74. The van der Waals surface area contributed by atoms with E-state index in [-0.39, 0.29) is 5.57 Å². The van der Waals surface area contributed by atoms with Crippen molar-refractivity contribution in [3.8, 4) is 5.82 Å². The Morgan fingerprint density at radius 1 is 1.03 bits per heavy atom. The fourth-order valence-electron chi connectivity index (χ4n) is 3.70. The number of benzene rings is 1. The van der Waals surface area contributed by atoms with Gasteiger partial charge in [0.1, 0.15) is 11.4 Å². The van der Waals surface area contributed by atoms with E-state index < -0.39 is 17.8 Å². The summed E-state index contributed by atoms with van der Waals surface area (Å²) in [6.07, 6.45) is 4.08. The van der Waals surface area contributed by atoms with Gasteiger partial charge in [-0.2, -0.15) is 0 Å². The molecule has 1 N–H and O–H groups in total. The van der Waals surface area contributed by atoms with Crippen molar-refractivity contribution < 1.29 is 14.4 Å². The van der Waals surface area contributed by atoms with E-state index >= 15 is 0 Å². The molecule has 0 unspecified atom stereocenters. The summed E-state index contributed by atoms with van der Waals surface area (Å²) in [5.41, 5.74) is 3.85. The number of imide groups is 2. The quantitative estimate of drug-likeness (QED) is 0.521. The molecule has 7 heteroatoms. The summed E-state index contributed by atoms with van der Waals surface area (Å²) in [6.45, 7) is 5.85. The maximum Gasteiger partial charge on any atom is 0.335 e. The molecule has 1 saturated heterocycles. The SMILES string of the molecule is CCc1ccc(N2C(=O)NC(=O)/C(=C\c3cc(C)n(-c4ccccn4)c3C)C2=O)cc1. The molecule has 3 heterocycles. The lowest BCUT2D eigenvalue weighted by molar-refractivity contribution is -0.122. The molecular formula is C24H22N4O3. The highest BCUT2D eigenvalue weighted by Gasteiger charge is 2.37. The molecule has 1 aliphatic rings. The molecule has 7 nitrogen and oxygen atoms in total. The van der Waals surface area contributed by atoms with Crippen LogP contribution in [-0.2, 0) is 16.0 Å². The molecular weight excluding hydrogens is 392 g/mol. The summed E-state index contributed by atoms with van der Waals surface area (Å²) in [7, 11) is 0. The van der Waals surface area contributed by atoms with Crippen molar-refractivity contribution in [2.24, 2.45) is 0 Å². The Labute approximate surface area is 180 Å². The lowest BCUT2D eigenvalue weighted by Crippen LogP contribution is -2.54. The number of nitrogens with one attached hydrogen (secondary N) is 1. The van der Waals surface area contributed by atoms with Crippen molar-refractivity contribution in [2.75, 3.05) is 4.90 Å². The van der Waals surface area contributed by atoms with E-state index in [9.17, 15) is 14.4 Å². The molecule has 1 aromatic carbocycles. The molecule has 1 aliphatic heterocycles. The van der Waals surface area contributed by atoms with E-state index in [0.717, 1.165) is 34.1 Å². The first-order valence-electron chi connectivity index (χ1n) is 10.0. The molecule has 1 fully saturated rings. The van der Waals surface area contributed by atoms with Crippen LogP contribution >= 0.6 is 0 Å². The highest BCUT2D eigenvalue weighted by molar-refractivity contribution is 6.39. The summed E-state index contributed by atoms with van der Waals surface area (Å²) in [5, 5.41) is 2.27. The van der Waals surface area contributed by atoms with Crippen LogP contribution in [0.15, 0.2) is 60.3 Å². The molecule has 31 heavy (non-hydrogen) atoms. The third kappa shape index (κ3) is 3.66. The molecule has 0 spiro atoms. The Morgan fingerprint density at radius 3 is 2.42 bits per heavy atom. The standard InChI is InChI=1S/C24H22N4O3/c1-4-17-8-10-19(11-9-17)28-23(30)20(22(29)26-24(28)31)14-18-13-15(2)27(16(18)3)21-7-5-6-12-25-21/h5-14H,4H2,1-3H3,(H,26,29,31)/b20-14+. The maximum absolute atomic E-state index is 13.1. The van der Waals surface area contributed by atoms with Gasteiger partial charge >= 0.3 is 6.03 Å². The second kappa shape index (κ2) is 8.02. The Hall–Kier alpha value is -4.00. The topological polar surface area (TPSA) is 84.3 Å². The Bertz CT molecular complexity index is 1210. The normalized spacial score (nSPS) is 15.5. The predicted molar refractivity (Wildman–Crippen MR) is 118 cm³/mol. The average Bonchev–Trinajstić information content (AvgIpc) is 3.05. The van der Waals surface area contributed by atoms with Crippen LogP contribution in [0.3, 0.4) is 0 Å². The Morgan fingerprint density at radius 2 is 1.77 bits per heavy atom. The van der Waals surface area contributed by atoms with Crippen LogP contribution in [0.1, 0.15) is 29.4 Å². The second-order valence-corrected chi connectivity index (χ2v) is 7.33. The van der Waals surface area contributed by atoms with Crippen molar-refractivity contribution in [1.29, 1.82) is 0 Å². The number of aromatic nitrogens is 2. The van der Waals surface area contributed by atoms with Crippen LogP contribution < -0.4 is 10.2 Å². The molecule has 0 atom stereocenters. The van der Waals surface area contributed by atoms with E-state index in [1.54, 1.807) is 18.3 Å². The van der Waals surface area contributed by atoms with Crippen LogP contribution in [-0.4, -0.2) is 27.4 Å². The van der Waals surface area contributed by atoms with Crippen LogP contribution in [0.2, 0.25) is 0 Å². The van der Waals surface area contributed by atoms with Crippen molar-refractivity contribution in [1.82, 2.24) is 14.9 Å². The third-order valence-electron chi connectivity index (χ3n) is 5.35. The van der Waals surface area contributed by atoms with Crippen molar-refractivity contribution in [2.45, 2.75) is 27.2 Å². The number of carbonyl (C=O) groups excluding carboxylic acids is 3. The third-order valence-corrected chi connectivity index (χ3v) is 5.35. The highest BCUT2D eigenvalue weighted by Crippen LogP contribution is 2.25. The average molecular weight is 414 g/mol. The number of aryl methyl sites for hydroxylation is 2. The summed E-state index contributed by atoms with van der Waals surface area (Å²) >= 11 is 0. The smallest absolute Gasteiger partial charge is 0.303 e. The minimum Gasteiger partial charge on any atom is -0.303 e.